The lowest BCUT2D eigenvalue weighted by atomic mass is 9.75. The third-order valence-corrected chi connectivity index (χ3v) is 3.37. The molecule has 1 nitrogen and oxygen atoms in total. The van der Waals surface area contributed by atoms with E-state index in [0.717, 1.165) is 16.4 Å². The molecule has 0 aliphatic heterocycles. The smallest absolute Gasteiger partial charge is 0.168 e. The number of ketones is 1. The Morgan fingerprint density at radius 3 is 2.50 bits per heavy atom. The van der Waals surface area contributed by atoms with Gasteiger partial charge in [0.25, 0.3) is 0 Å². The maximum Gasteiger partial charge on any atom is 0.168 e. The highest BCUT2D eigenvalue weighted by atomic mass is 127. The van der Waals surface area contributed by atoms with Crippen LogP contribution in [-0.2, 0) is 4.79 Å². The highest BCUT2D eigenvalue weighted by molar-refractivity contribution is 14.1. The molecular weight excluding hydrogens is 263 g/mol. The fourth-order valence-corrected chi connectivity index (χ4v) is 2.15. The fraction of sp³-hybridized carbons (Fsp3) is 0.700. The van der Waals surface area contributed by atoms with Crippen LogP contribution < -0.4 is 0 Å². The van der Waals surface area contributed by atoms with Gasteiger partial charge in [0.2, 0.25) is 0 Å². The predicted octanol–water partition coefficient (Wildman–Crippen LogP) is 3.33. The van der Waals surface area contributed by atoms with Crippen LogP contribution in [0, 0.1) is 11.3 Å². The van der Waals surface area contributed by atoms with Crippen LogP contribution in [0.5, 0.6) is 0 Å². The van der Waals surface area contributed by atoms with E-state index in [2.05, 4.69) is 49.4 Å². The molecule has 1 unspecified atom stereocenters. The number of hydrogen-bond donors (Lipinski definition) is 0. The topological polar surface area (TPSA) is 17.1 Å². The van der Waals surface area contributed by atoms with Crippen LogP contribution in [0.15, 0.2) is 9.66 Å². The first-order valence-electron chi connectivity index (χ1n) is 4.32. The lowest BCUT2D eigenvalue weighted by Gasteiger charge is -2.30. The predicted molar refractivity (Wildman–Crippen MR) is 59.3 cm³/mol. The Kier molecular flexibility index (Phi) is 2.97. The summed E-state index contributed by atoms with van der Waals surface area (Å²) in [7, 11) is 0. The van der Waals surface area contributed by atoms with Gasteiger partial charge in [0, 0.05) is 6.42 Å². The minimum Gasteiger partial charge on any atom is -0.294 e. The molecule has 0 fully saturated rings. The van der Waals surface area contributed by atoms with Gasteiger partial charge in [0.15, 0.2) is 5.78 Å². The molecule has 0 N–H and O–H groups in total. The van der Waals surface area contributed by atoms with Crippen LogP contribution in [0.3, 0.4) is 0 Å². The number of rotatable bonds is 0. The lowest BCUT2D eigenvalue weighted by Crippen LogP contribution is -2.23. The van der Waals surface area contributed by atoms with E-state index in [1.807, 2.05) is 0 Å². The standard InChI is InChI=1S/C10H15IO/c1-10(2,3)7-4-5-9(12)8(11)6-7/h6-7H,4-5H2,1-3H3. The van der Waals surface area contributed by atoms with Gasteiger partial charge in [-0.1, -0.05) is 26.8 Å². The van der Waals surface area contributed by atoms with Crippen molar-refractivity contribution >= 4 is 28.4 Å². The van der Waals surface area contributed by atoms with Gasteiger partial charge in [-0.2, -0.15) is 0 Å². The summed E-state index contributed by atoms with van der Waals surface area (Å²) < 4.78 is 0.929. The molecule has 1 aliphatic rings. The van der Waals surface area contributed by atoms with Crippen molar-refractivity contribution in [2.75, 3.05) is 0 Å². The van der Waals surface area contributed by atoms with Gasteiger partial charge in [-0.05, 0) is 40.3 Å². The van der Waals surface area contributed by atoms with Crippen molar-refractivity contribution in [1.29, 1.82) is 0 Å². The second-order valence-electron chi connectivity index (χ2n) is 4.45. The molecule has 0 saturated carbocycles. The van der Waals surface area contributed by atoms with E-state index in [-0.39, 0.29) is 0 Å². The Bertz CT molecular complexity index is 222. The number of carbonyl (C=O) groups excluding carboxylic acids is 1. The van der Waals surface area contributed by atoms with Gasteiger partial charge in [0.05, 0.1) is 3.58 Å². The minimum atomic E-state index is 0.303. The monoisotopic (exact) mass is 278 g/mol. The zero-order chi connectivity index (χ0) is 9.35. The maximum absolute atomic E-state index is 11.2. The quantitative estimate of drug-likeness (QED) is 0.621. The number of carbonyl (C=O) groups is 1. The molecule has 0 bridgehead atoms. The first kappa shape index (κ1) is 10.2. The largest absolute Gasteiger partial charge is 0.294 e. The average molecular weight is 278 g/mol. The van der Waals surface area contributed by atoms with E-state index in [0.29, 0.717) is 17.1 Å². The molecule has 0 spiro atoms. The van der Waals surface area contributed by atoms with Crippen LogP contribution in [0.2, 0.25) is 0 Å². The number of halogens is 1. The Balaban J connectivity index is 2.80. The van der Waals surface area contributed by atoms with E-state index in [4.69, 9.17) is 0 Å². The molecule has 0 aromatic carbocycles. The molecule has 2 heteroatoms. The van der Waals surface area contributed by atoms with Gasteiger partial charge in [0.1, 0.15) is 0 Å². The van der Waals surface area contributed by atoms with Crippen LogP contribution in [0.4, 0.5) is 0 Å². The van der Waals surface area contributed by atoms with Gasteiger partial charge in [-0.25, -0.2) is 0 Å². The van der Waals surface area contributed by atoms with Crippen molar-refractivity contribution in [3.63, 3.8) is 0 Å². The molecule has 0 radical (unpaired) electrons. The first-order chi connectivity index (χ1) is 5.41. The van der Waals surface area contributed by atoms with Crippen molar-refractivity contribution in [3.8, 4) is 0 Å². The summed E-state index contributed by atoms with van der Waals surface area (Å²) in [5, 5.41) is 0. The molecule has 1 aliphatic carbocycles. The highest BCUT2D eigenvalue weighted by Crippen LogP contribution is 2.36. The second kappa shape index (κ2) is 3.48. The van der Waals surface area contributed by atoms with Crippen LogP contribution >= 0.6 is 22.6 Å². The van der Waals surface area contributed by atoms with Crippen molar-refractivity contribution in [2.45, 2.75) is 33.6 Å². The molecule has 1 atom stereocenters. The Morgan fingerprint density at radius 2 is 2.08 bits per heavy atom. The van der Waals surface area contributed by atoms with Gasteiger partial charge in [-0.3, -0.25) is 4.79 Å². The second-order valence-corrected chi connectivity index (χ2v) is 5.61. The third-order valence-electron chi connectivity index (χ3n) is 2.41. The molecule has 1 rings (SSSR count). The van der Waals surface area contributed by atoms with Crippen LogP contribution in [0.1, 0.15) is 33.6 Å². The molecule has 0 saturated heterocycles. The van der Waals surface area contributed by atoms with E-state index in [1.165, 1.54) is 0 Å². The summed E-state index contributed by atoms with van der Waals surface area (Å²) in [6.45, 7) is 6.69. The number of Topliss-reactive ketones (excluding diaryl/α,β-unsaturated/α-hetero) is 1. The molecule has 0 aromatic heterocycles. The molecule has 12 heavy (non-hydrogen) atoms. The number of allylic oxidation sites excluding steroid dienone is 2. The number of hydrogen-bond acceptors (Lipinski definition) is 1. The van der Waals surface area contributed by atoms with Crippen molar-refractivity contribution in [3.05, 3.63) is 9.66 Å². The Hall–Kier alpha value is 0.140. The van der Waals surface area contributed by atoms with Crippen molar-refractivity contribution in [1.82, 2.24) is 0 Å². The summed E-state index contributed by atoms with van der Waals surface area (Å²) in [6.07, 6.45) is 3.89. The first-order valence-corrected chi connectivity index (χ1v) is 5.39. The Labute approximate surface area is 87.8 Å². The molecule has 0 heterocycles. The van der Waals surface area contributed by atoms with Gasteiger partial charge in [-0.15, -0.1) is 0 Å². The van der Waals surface area contributed by atoms with Crippen LogP contribution in [-0.4, -0.2) is 5.78 Å². The zero-order valence-electron chi connectivity index (χ0n) is 7.86. The Morgan fingerprint density at radius 1 is 1.50 bits per heavy atom. The molecule has 68 valence electrons. The summed E-state index contributed by atoms with van der Waals surface area (Å²) in [6, 6.07) is 0. The van der Waals surface area contributed by atoms with Gasteiger partial charge < -0.3 is 0 Å². The zero-order valence-corrected chi connectivity index (χ0v) is 10.0. The summed E-state index contributed by atoms with van der Waals surface area (Å²) in [5.41, 5.74) is 0.303. The summed E-state index contributed by atoms with van der Waals surface area (Å²) in [5.74, 6) is 0.887. The normalized spacial score (nSPS) is 25.5. The van der Waals surface area contributed by atoms with E-state index in [1.54, 1.807) is 0 Å². The maximum atomic E-state index is 11.2. The van der Waals surface area contributed by atoms with Crippen LogP contribution in [0.25, 0.3) is 0 Å². The fourth-order valence-electron chi connectivity index (χ4n) is 1.44. The molecule has 0 aromatic rings. The molecular formula is C10H15IO. The third kappa shape index (κ3) is 2.31. The van der Waals surface area contributed by atoms with E-state index >= 15 is 0 Å². The van der Waals surface area contributed by atoms with E-state index in [9.17, 15) is 4.79 Å². The van der Waals surface area contributed by atoms with Crippen molar-refractivity contribution in [2.24, 2.45) is 11.3 Å². The lowest BCUT2D eigenvalue weighted by molar-refractivity contribution is -0.115. The summed E-state index contributed by atoms with van der Waals surface area (Å²) in [4.78, 5) is 11.2. The van der Waals surface area contributed by atoms with Crippen molar-refractivity contribution < 1.29 is 4.79 Å². The minimum absolute atomic E-state index is 0.303. The molecule has 0 amide bonds. The van der Waals surface area contributed by atoms with Gasteiger partial charge >= 0.3 is 0 Å². The summed E-state index contributed by atoms with van der Waals surface area (Å²) >= 11 is 2.15. The van der Waals surface area contributed by atoms with E-state index < -0.39 is 0 Å². The SMILES string of the molecule is CC(C)(C)C1C=C(I)C(=O)CC1. The highest BCUT2D eigenvalue weighted by Gasteiger charge is 2.27. The average Bonchev–Trinajstić information content (AvgIpc) is 1.92.